The highest BCUT2D eigenvalue weighted by atomic mass is 35.5. The fraction of sp³-hybridized carbons (Fsp3) is 0. The van der Waals surface area contributed by atoms with Gasteiger partial charge in [-0.2, -0.15) is 0 Å². The number of nitrogens with zero attached hydrogens (tertiary/aromatic N) is 1. The molecule has 5 aromatic rings. The lowest BCUT2D eigenvalue weighted by atomic mass is 10.2. The summed E-state index contributed by atoms with van der Waals surface area (Å²) in [6.45, 7) is 0. The summed E-state index contributed by atoms with van der Waals surface area (Å²) in [4.78, 5) is 17.9. The van der Waals surface area contributed by atoms with E-state index in [1.807, 2.05) is 60.7 Å². The molecule has 142 valence electrons. The predicted molar refractivity (Wildman–Crippen MR) is 125 cm³/mol. The maximum atomic E-state index is 12.7. The average molecular weight is 455 g/mol. The normalized spacial score (nSPS) is 11.2. The van der Waals surface area contributed by atoms with Gasteiger partial charge in [-0.15, -0.1) is 22.7 Å². The van der Waals surface area contributed by atoms with Gasteiger partial charge in [0.1, 0.15) is 9.88 Å². The highest BCUT2D eigenvalue weighted by Crippen LogP contribution is 2.37. The summed E-state index contributed by atoms with van der Waals surface area (Å²) in [5, 5.41) is 5.63. The Morgan fingerprint density at radius 3 is 2.41 bits per heavy atom. The van der Waals surface area contributed by atoms with Gasteiger partial charge in [0.05, 0.1) is 20.3 Å². The van der Waals surface area contributed by atoms with Gasteiger partial charge in [-0.3, -0.25) is 4.79 Å². The molecule has 1 amide bonds. The molecular weight excluding hydrogens is 443 g/mol. The van der Waals surface area contributed by atoms with Crippen LogP contribution >= 0.6 is 45.9 Å². The number of halogens is 2. The van der Waals surface area contributed by atoms with Crippen LogP contribution in [0.2, 0.25) is 10.0 Å². The number of hydrogen-bond acceptors (Lipinski definition) is 4. The first kappa shape index (κ1) is 18.6. The molecule has 0 saturated carbocycles. The van der Waals surface area contributed by atoms with Crippen molar-refractivity contribution in [3.05, 3.63) is 81.7 Å². The molecule has 2 heterocycles. The lowest BCUT2D eigenvalue weighted by Crippen LogP contribution is -2.10. The Morgan fingerprint density at radius 2 is 1.66 bits per heavy atom. The smallest absolute Gasteiger partial charge is 0.267 e. The number of fused-ring (bicyclic) bond motifs is 2. The van der Waals surface area contributed by atoms with E-state index in [9.17, 15) is 4.79 Å². The third kappa shape index (κ3) is 3.40. The number of aromatic nitrogens is 1. The first-order valence-electron chi connectivity index (χ1n) is 8.74. The highest BCUT2D eigenvalue weighted by molar-refractivity contribution is 7.22. The van der Waals surface area contributed by atoms with Crippen LogP contribution in [0.3, 0.4) is 0 Å². The molecule has 29 heavy (non-hydrogen) atoms. The van der Waals surface area contributed by atoms with Crippen LogP contribution in [0.1, 0.15) is 9.67 Å². The molecule has 0 aliphatic rings. The number of hydrogen-bond donors (Lipinski definition) is 1. The third-order valence-corrected chi connectivity index (χ3v) is 7.55. The number of amides is 1. The molecular formula is C22H12Cl2N2OS2. The fourth-order valence-corrected chi connectivity index (χ4v) is 5.85. The van der Waals surface area contributed by atoms with Crippen LogP contribution < -0.4 is 5.32 Å². The lowest BCUT2D eigenvalue weighted by molar-refractivity contribution is 0.103. The Morgan fingerprint density at radius 1 is 0.897 bits per heavy atom. The summed E-state index contributed by atoms with van der Waals surface area (Å²) in [6.07, 6.45) is 0. The van der Waals surface area contributed by atoms with E-state index >= 15 is 0 Å². The van der Waals surface area contributed by atoms with E-state index in [4.69, 9.17) is 23.2 Å². The average Bonchev–Trinajstić information content (AvgIpc) is 3.29. The Kier molecular flexibility index (Phi) is 4.76. The van der Waals surface area contributed by atoms with Crippen LogP contribution in [0, 0.1) is 0 Å². The zero-order chi connectivity index (χ0) is 20.0. The molecule has 0 bridgehead atoms. The standard InChI is InChI=1S/C22H12Cl2N2OS2/c23-15-11-12(9-10-13(15)22-26-16-6-2-4-8-18(16)29-22)25-21(27)20-19(24)14-5-1-3-7-17(14)28-20/h1-11H,(H,25,27). The number of thiophene rings is 1. The molecule has 0 spiro atoms. The number of rotatable bonds is 3. The summed E-state index contributed by atoms with van der Waals surface area (Å²) in [6, 6.07) is 21.1. The molecule has 0 aliphatic heterocycles. The molecule has 0 fully saturated rings. The van der Waals surface area contributed by atoms with Gasteiger partial charge in [0, 0.05) is 21.3 Å². The van der Waals surface area contributed by atoms with Crippen LogP contribution in [-0.4, -0.2) is 10.9 Å². The molecule has 0 atom stereocenters. The molecule has 0 radical (unpaired) electrons. The number of carbonyl (C=O) groups excluding carboxylic acids is 1. The topological polar surface area (TPSA) is 42.0 Å². The molecule has 3 nitrogen and oxygen atoms in total. The summed E-state index contributed by atoms with van der Waals surface area (Å²) in [7, 11) is 0. The number of anilines is 1. The lowest BCUT2D eigenvalue weighted by Gasteiger charge is -2.07. The van der Waals surface area contributed by atoms with Gasteiger partial charge >= 0.3 is 0 Å². The van der Waals surface area contributed by atoms with Crippen LogP contribution in [0.15, 0.2) is 66.7 Å². The van der Waals surface area contributed by atoms with Crippen molar-refractivity contribution in [1.29, 1.82) is 0 Å². The SMILES string of the molecule is O=C(Nc1ccc(-c2nc3ccccc3s2)c(Cl)c1)c1sc2ccccc2c1Cl. The second-order valence-electron chi connectivity index (χ2n) is 6.38. The number of carbonyl (C=O) groups is 1. The van der Waals surface area contributed by atoms with Crippen LogP contribution in [0.5, 0.6) is 0 Å². The number of para-hydroxylation sites is 1. The molecule has 0 unspecified atom stereocenters. The van der Waals surface area contributed by atoms with Crippen LogP contribution in [0.25, 0.3) is 30.9 Å². The molecule has 1 N–H and O–H groups in total. The molecule has 0 saturated heterocycles. The first-order valence-corrected chi connectivity index (χ1v) is 11.1. The van der Waals surface area contributed by atoms with Crippen molar-refractivity contribution in [3.8, 4) is 10.6 Å². The zero-order valence-corrected chi connectivity index (χ0v) is 17.9. The van der Waals surface area contributed by atoms with Crippen molar-refractivity contribution in [2.24, 2.45) is 0 Å². The fourth-order valence-electron chi connectivity index (χ4n) is 3.10. The maximum Gasteiger partial charge on any atom is 0.267 e. The van der Waals surface area contributed by atoms with Gasteiger partial charge in [0.25, 0.3) is 5.91 Å². The second-order valence-corrected chi connectivity index (χ2v) is 9.24. The Balaban J connectivity index is 1.44. The van der Waals surface area contributed by atoms with E-state index in [1.54, 1.807) is 17.4 Å². The van der Waals surface area contributed by atoms with Crippen LogP contribution in [0.4, 0.5) is 5.69 Å². The van der Waals surface area contributed by atoms with Crippen molar-refractivity contribution >= 4 is 77.8 Å². The van der Waals surface area contributed by atoms with Gasteiger partial charge in [0.2, 0.25) is 0 Å². The number of thiazole rings is 1. The molecule has 5 rings (SSSR count). The minimum Gasteiger partial charge on any atom is -0.321 e. The van der Waals surface area contributed by atoms with E-state index in [0.29, 0.717) is 20.6 Å². The quantitative estimate of drug-likeness (QED) is 0.302. The van der Waals surface area contributed by atoms with E-state index < -0.39 is 0 Å². The second kappa shape index (κ2) is 7.43. The van der Waals surface area contributed by atoms with Crippen molar-refractivity contribution in [3.63, 3.8) is 0 Å². The summed E-state index contributed by atoms with van der Waals surface area (Å²) >= 11 is 15.9. The molecule has 0 aliphatic carbocycles. The van der Waals surface area contributed by atoms with Gasteiger partial charge in [-0.25, -0.2) is 4.98 Å². The van der Waals surface area contributed by atoms with Crippen molar-refractivity contribution < 1.29 is 4.79 Å². The zero-order valence-electron chi connectivity index (χ0n) is 14.8. The summed E-state index contributed by atoms with van der Waals surface area (Å²) in [5.74, 6) is -0.250. The largest absolute Gasteiger partial charge is 0.321 e. The Bertz CT molecular complexity index is 1360. The number of nitrogens with one attached hydrogen (secondary N) is 1. The van der Waals surface area contributed by atoms with Crippen molar-refractivity contribution in [1.82, 2.24) is 4.98 Å². The van der Waals surface area contributed by atoms with Crippen LogP contribution in [-0.2, 0) is 0 Å². The van der Waals surface area contributed by atoms with E-state index in [-0.39, 0.29) is 5.91 Å². The van der Waals surface area contributed by atoms with E-state index in [2.05, 4.69) is 10.3 Å². The van der Waals surface area contributed by atoms with Gasteiger partial charge in [-0.1, -0.05) is 53.5 Å². The maximum absolute atomic E-state index is 12.7. The third-order valence-electron chi connectivity index (χ3n) is 4.49. The Hall–Kier alpha value is -2.44. The van der Waals surface area contributed by atoms with Gasteiger partial charge < -0.3 is 5.32 Å². The Labute approximate surface area is 184 Å². The molecule has 2 aromatic heterocycles. The first-order chi connectivity index (χ1) is 14.1. The molecule has 3 aromatic carbocycles. The minimum atomic E-state index is -0.250. The van der Waals surface area contributed by atoms with Crippen molar-refractivity contribution in [2.75, 3.05) is 5.32 Å². The van der Waals surface area contributed by atoms with Gasteiger partial charge in [-0.05, 0) is 36.4 Å². The minimum absolute atomic E-state index is 0.250. The monoisotopic (exact) mass is 454 g/mol. The number of benzene rings is 3. The summed E-state index contributed by atoms with van der Waals surface area (Å²) in [5.41, 5.74) is 2.39. The van der Waals surface area contributed by atoms with Crippen molar-refractivity contribution in [2.45, 2.75) is 0 Å². The predicted octanol–water partition coefficient (Wildman–Crippen LogP) is 7.74. The molecule has 7 heteroatoms. The van der Waals surface area contributed by atoms with Gasteiger partial charge in [0.15, 0.2) is 0 Å². The van der Waals surface area contributed by atoms with E-state index in [0.717, 1.165) is 30.9 Å². The summed E-state index contributed by atoms with van der Waals surface area (Å²) < 4.78 is 2.09. The highest BCUT2D eigenvalue weighted by Gasteiger charge is 2.18. The van der Waals surface area contributed by atoms with E-state index in [1.165, 1.54) is 11.3 Å².